The summed E-state index contributed by atoms with van der Waals surface area (Å²) in [6.45, 7) is 7.44. The lowest BCUT2D eigenvalue weighted by Gasteiger charge is -2.12. The molecule has 2 heteroatoms. The maximum Gasteiger partial charge on any atom is 0.157 e. The van der Waals surface area contributed by atoms with Crippen LogP contribution < -0.4 is 0 Å². The highest BCUT2D eigenvalue weighted by Crippen LogP contribution is 1.95. The van der Waals surface area contributed by atoms with Gasteiger partial charge in [0.05, 0.1) is 6.10 Å². The van der Waals surface area contributed by atoms with Gasteiger partial charge in [-0.1, -0.05) is 0 Å². The molecule has 0 saturated carbocycles. The van der Waals surface area contributed by atoms with Gasteiger partial charge in [-0.25, -0.2) is 0 Å². The third-order valence-corrected chi connectivity index (χ3v) is 0.687. The first-order valence-electron chi connectivity index (χ1n) is 2.68. The van der Waals surface area contributed by atoms with Gasteiger partial charge in [0.1, 0.15) is 0 Å². The van der Waals surface area contributed by atoms with Crippen molar-refractivity contribution in [3.05, 3.63) is 6.92 Å². The number of hydrogen-bond acceptors (Lipinski definition) is 2. The van der Waals surface area contributed by atoms with Crippen LogP contribution in [0.2, 0.25) is 0 Å². The molecule has 0 amide bonds. The van der Waals surface area contributed by atoms with Crippen molar-refractivity contribution < 1.29 is 9.47 Å². The fourth-order valence-corrected chi connectivity index (χ4v) is 0.359. The van der Waals surface area contributed by atoms with Gasteiger partial charge in [0.25, 0.3) is 0 Å². The quantitative estimate of drug-likeness (QED) is 0.517. The van der Waals surface area contributed by atoms with Crippen LogP contribution in [0.15, 0.2) is 0 Å². The molecule has 0 aromatic heterocycles. The van der Waals surface area contributed by atoms with Crippen molar-refractivity contribution in [2.75, 3.05) is 7.11 Å². The molecule has 0 N–H and O–H groups in total. The fraction of sp³-hybridized carbons (Fsp3) is 0.833. The summed E-state index contributed by atoms with van der Waals surface area (Å²) in [5.41, 5.74) is 0. The van der Waals surface area contributed by atoms with Crippen molar-refractivity contribution in [3.63, 3.8) is 0 Å². The summed E-state index contributed by atoms with van der Waals surface area (Å²) in [4.78, 5) is 0. The van der Waals surface area contributed by atoms with E-state index in [-0.39, 0.29) is 12.4 Å². The molecule has 0 aliphatic heterocycles. The van der Waals surface area contributed by atoms with Gasteiger partial charge in [0, 0.05) is 14.0 Å². The second-order valence-corrected chi connectivity index (χ2v) is 1.85. The number of hydrogen-bond donors (Lipinski definition) is 0. The summed E-state index contributed by atoms with van der Waals surface area (Å²) in [5.74, 6) is 0. The maximum atomic E-state index is 5.07. The van der Waals surface area contributed by atoms with Gasteiger partial charge in [-0.3, -0.25) is 0 Å². The second-order valence-electron chi connectivity index (χ2n) is 1.85. The lowest BCUT2D eigenvalue weighted by atomic mass is 10.5. The molecule has 49 valence electrons. The van der Waals surface area contributed by atoms with E-state index in [4.69, 9.17) is 9.47 Å². The Bertz CT molecular complexity index is 52.5. The minimum atomic E-state index is -0.324. The largest absolute Gasteiger partial charge is 0.356 e. The highest BCUT2D eigenvalue weighted by molar-refractivity contribution is 4.45. The van der Waals surface area contributed by atoms with Gasteiger partial charge in [-0.2, -0.15) is 0 Å². The van der Waals surface area contributed by atoms with E-state index in [2.05, 4.69) is 6.92 Å². The zero-order chi connectivity index (χ0) is 6.57. The van der Waals surface area contributed by atoms with Crippen LogP contribution in [0.4, 0.5) is 0 Å². The van der Waals surface area contributed by atoms with Crippen LogP contribution in [0, 0.1) is 6.92 Å². The van der Waals surface area contributed by atoms with Crippen LogP contribution in [-0.4, -0.2) is 19.5 Å². The second kappa shape index (κ2) is 3.87. The Balaban J connectivity index is 3.10. The van der Waals surface area contributed by atoms with Crippen molar-refractivity contribution in [2.45, 2.75) is 26.2 Å². The van der Waals surface area contributed by atoms with E-state index in [1.807, 2.05) is 13.8 Å². The van der Waals surface area contributed by atoms with E-state index in [1.54, 1.807) is 7.11 Å². The normalized spacial score (nSPS) is 14.6. The molecule has 8 heavy (non-hydrogen) atoms. The number of ether oxygens (including phenoxy) is 2. The molecule has 0 aliphatic rings. The summed E-state index contributed by atoms with van der Waals surface area (Å²) >= 11 is 0. The molecule has 0 saturated heterocycles. The zero-order valence-electron chi connectivity index (χ0n) is 5.68. The summed E-state index contributed by atoms with van der Waals surface area (Å²) in [6.07, 6.45) is -0.132. The molecule has 1 unspecified atom stereocenters. The summed E-state index contributed by atoms with van der Waals surface area (Å²) in [7, 11) is 1.57. The topological polar surface area (TPSA) is 18.5 Å². The summed E-state index contributed by atoms with van der Waals surface area (Å²) < 4.78 is 9.79. The smallest absolute Gasteiger partial charge is 0.157 e. The lowest BCUT2D eigenvalue weighted by Crippen LogP contribution is -2.15. The van der Waals surface area contributed by atoms with Crippen LogP contribution in [0.1, 0.15) is 13.8 Å². The minimum Gasteiger partial charge on any atom is -0.356 e. The standard InChI is InChI=1S/C6H13O2/c1-5(2)8-6(3)7-4/h5-6H,3H2,1-2,4H3. The van der Waals surface area contributed by atoms with Gasteiger partial charge >= 0.3 is 0 Å². The van der Waals surface area contributed by atoms with Crippen molar-refractivity contribution in [1.82, 2.24) is 0 Å². The van der Waals surface area contributed by atoms with Crippen molar-refractivity contribution in [3.8, 4) is 0 Å². The molecule has 0 aromatic rings. The zero-order valence-corrected chi connectivity index (χ0v) is 5.68. The van der Waals surface area contributed by atoms with Crippen LogP contribution >= 0.6 is 0 Å². The highest BCUT2D eigenvalue weighted by Gasteiger charge is 1.99. The van der Waals surface area contributed by atoms with Crippen molar-refractivity contribution in [1.29, 1.82) is 0 Å². The Kier molecular flexibility index (Phi) is 3.83. The molecule has 0 rings (SSSR count). The molecule has 0 bridgehead atoms. The molecule has 0 aromatic carbocycles. The van der Waals surface area contributed by atoms with Gasteiger partial charge in [-0.05, 0) is 13.8 Å². The summed E-state index contributed by atoms with van der Waals surface area (Å²) in [5, 5.41) is 0. The first-order chi connectivity index (χ1) is 3.66. The lowest BCUT2D eigenvalue weighted by molar-refractivity contribution is -0.117. The molecule has 0 aliphatic carbocycles. The van der Waals surface area contributed by atoms with Crippen LogP contribution in [-0.2, 0) is 9.47 Å². The Morgan fingerprint density at radius 2 is 1.88 bits per heavy atom. The van der Waals surface area contributed by atoms with Crippen LogP contribution in [0.25, 0.3) is 0 Å². The average molecular weight is 117 g/mol. The Labute approximate surface area is 50.8 Å². The highest BCUT2D eigenvalue weighted by atomic mass is 16.7. The number of methoxy groups -OCH3 is 1. The molecular formula is C6H13O2. The van der Waals surface area contributed by atoms with E-state index in [0.717, 1.165) is 0 Å². The van der Waals surface area contributed by atoms with E-state index in [1.165, 1.54) is 0 Å². The Hall–Kier alpha value is -0.0800. The monoisotopic (exact) mass is 117 g/mol. The average Bonchev–Trinajstić information content (AvgIpc) is 1.65. The molecular weight excluding hydrogens is 104 g/mol. The van der Waals surface area contributed by atoms with Gasteiger partial charge in [0.2, 0.25) is 0 Å². The van der Waals surface area contributed by atoms with Gasteiger partial charge < -0.3 is 9.47 Å². The van der Waals surface area contributed by atoms with Crippen LogP contribution in [0.3, 0.4) is 0 Å². The summed E-state index contributed by atoms with van der Waals surface area (Å²) in [6, 6.07) is 0. The minimum absolute atomic E-state index is 0.192. The molecule has 0 spiro atoms. The molecule has 1 atom stereocenters. The first kappa shape index (κ1) is 7.92. The Morgan fingerprint density at radius 1 is 1.38 bits per heavy atom. The fourth-order valence-electron chi connectivity index (χ4n) is 0.359. The first-order valence-corrected chi connectivity index (χ1v) is 2.68. The van der Waals surface area contributed by atoms with E-state index in [0.29, 0.717) is 0 Å². The van der Waals surface area contributed by atoms with Crippen molar-refractivity contribution in [2.24, 2.45) is 0 Å². The predicted molar refractivity (Wildman–Crippen MR) is 32.4 cm³/mol. The predicted octanol–water partition coefficient (Wildman–Crippen LogP) is 1.22. The van der Waals surface area contributed by atoms with Gasteiger partial charge in [-0.15, -0.1) is 0 Å². The van der Waals surface area contributed by atoms with Crippen LogP contribution in [0.5, 0.6) is 0 Å². The van der Waals surface area contributed by atoms with E-state index in [9.17, 15) is 0 Å². The van der Waals surface area contributed by atoms with Gasteiger partial charge in [0.15, 0.2) is 6.29 Å². The molecule has 0 heterocycles. The van der Waals surface area contributed by atoms with E-state index >= 15 is 0 Å². The third kappa shape index (κ3) is 4.09. The maximum absolute atomic E-state index is 5.07. The number of rotatable bonds is 3. The third-order valence-electron chi connectivity index (χ3n) is 0.687. The van der Waals surface area contributed by atoms with E-state index < -0.39 is 0 Å². The van der Waals surface area contributed by atoms with Crippen molar-refractivity contribution >= 4 is 0 Å². The SMILES string of the molecule is [CH2]C(OC)OC(C)C. The molecule has 1 radical (unpaired) electrons. The molecule has 2 nitrogen and oxygen atoms in total. The molecule has 0 fully saturated rings. The Morgan fingerprint density at radius 3 is 2.00 bits per heavy atom.